The van der Waals surface area contributed by atoms with Crippen molar-refractivity contribution in [3.8, 4) is 0 Å². The molecule has 2 heterocycles. The fourth-order valence-electron chi connectivity index (χ4n) is 1.24. The first-order valence-electron chi connectivity index (χ1n) is 4.04. The van der Waals surface area contributed by atoms with Crippen molar-refractivity contribution in [2.45, 2.75) is 0 Å². The minimum atomic E-state index is 1.13. The van der Waals surface area contributed by atoms with E-state index in [2.05, 4.69) is 28.1 Å². The van der Waals surface area contributed by atoms with E-state index in [4.69, 9.17) is 0 Å². The lowest BCUT2D eigenvalue weighted by atomic mass is 10.3. The molecule has 1 aromatic heterocycles. The molecule has 12 heavy (non-hydrogen) atoms. The van der Waals surface area contributed by atoms with Crippen molar-refractivity contribution in [1.29, 1.82) is 0 Å². The predicted octanol–water partition coefficient (Wildman–Crippen LogP) is 2.12. The molecule has 0 saturated carbocycles. The van der Waals surface area contributed by atoms with Crippen molar-refractivity contribution in [2.75, 3.05) is 18.0 Å². The summed E-state index contributed by atoms with van der Waals surface area (Å²) in [6.45, 7) is 2.36. The Morgan fingerprint density at radius 1 is 1.25 bits per heavy atom. The van der Waals surface area contributed by atoms with Gasteiger partial charge in [0.05, 0.1) is 10.2 Å². The topological polar surface area (TPSA) is 15.9 Å². The van der Waals surface area contributed by atoms with Crippen molar-refractivity contribution in [3.05, 3.63) is 24.3 Å². The van der Waals surface area contributed by atoms with Crippen LogP contribution in [-0.2, 0) is 0 Å². The number of hydrogen-bond donors (Lipinski definition) is 0. The fourth-order valence-corrected chi connectivity index (χ4v) is 2.25. The number of aromatic nitrogens is 1. The summed E-state index contributed by atoms with van der Waals surface area (Å²) in [6, 6.07) is 8.29. The molecule has 1 aliphatic heterocycles. The van der Waals surface area contributed by atoms with E-state index in [1.165, 1.54) is 22.9 Å². The molecule has 2 aromatic rings. The third-order valence-corrected chi connectivity index (χ3v) is 3.10. The van der Waals surface area contributed by atoms with Gasteiger partial charge in [-0.05, 0) is 12.1 Å². The molecule has 0 N–H and O–H groups in total. The molecule has 1 aliphatic rings. The monoisotopic (exact) mass is 176 g/mol. The van der Waals surface area contributed by atoms with Crippen LogP contribution >= 0.6 is 11.3 Å². The Labute approximate surface area is 74.5 Å². The summed E-state index contributed by atoms with van der Waals surface area (Å²) in [5.74, 6) is 0. The van der Waals surface area contributed by atoms with Crippen LogP contribution in [0.3, 0.4) is 0 Å². The van der Waals surface area contributed by atoms with E-state index in [0.29, 0.717) is 0 Å². The number of hydrogen-bond acceptors (Lipinski definition) is 3. The number of thiazole rings is 1. The van der Waals surface area contributed by atoms with Gasteiger partial charge in [0, 0.05) is 13.1 Å². The molecular formula is C9H8N2S. The standard InChI is InChI=1S/C9H8N2S/c1-2-4-8-7(3-1)10-9(12-8)11-5-6-11/h1-4H,5-6H2. The van der Waals surface area contributed by atoms with E-state index < -0.39 is 0 Å². The lowest BCUT2D eigenvalue weighted by Crippen LogP contribution is -1.87. The Balaban J connectivity index is 2.23. The van der Waals surface area contributed by atoms with E-state index in [1.807, 2.05) is 6.07 Å². The summed E-state index contributed by atoms with van der Waals surface area (Å²) in [5, 5.41) is 1.18. The van der Waals surface area contributed by atoms with Gasteiger partial charge in [0.15, 0.2) is 5.13 Å². The second-order valence-electron chi connectivity index (χ2n) is 2.95. The molecule has 1 saturated heterocycles. The molecule has 0 atom stereocenters. The zero-order valence-corrected chi connectivity index (χ0v) is 7.34. The van der Waals surface area contributed by atoms with Crippen LogP contribution in [0.5, 0.6) is 0 Å². The minimum absolute atomic E-state index is 1.13. The van der Waals surface area contributed by atoms with Crippen LogP contribution in [0.1, 0.15) is 0 Å². The van der Waals surface area contributed by atoms with Crippen LogP contribution < -0.4 is 4.90 Å². The van der Waals surface area contributed by atoms with E-state index in [9.17, 15) is 0 Å². The van der Waals surface area contributed by atoms with Gasteiger partial charge in [-0.25, -0.2) is 4.98 Å². The van der Waals surface area contributed by atoms with Gasteiger partial charge in [-0.2, -0.15) is 0 Å². The maximum Gasteiger partial charge on any atom is 0.186 e. The fraction of sp³-hybridized carbons (Fsp3) is 0.222. The highest BCUT2D eigenvalue weighted by Gasteiger charge is 2.21. The molecule has 60 valence electrons. The quantitative estimate of drug-likeness (QED) is 0.618. The number of anilines is 1. The molecule has 0 unspecified atom stereocenters. The SMILES string of the molecule is c1ccc2sc(N3CC3)nc2c1. The van der Waals surface area contributed by atoms with E-state index in [-0.39, 0.29) is 0 Å². The predicted molar refractivity (Wildman–Crippen MR) is 51.8 cm³/mol. The van der Waals surface area contributed by atoms with Gasteiger partial charge < -0.3 is 4.90 Å². The zero-order chi connectivity index (χ0) is 7.97. The van der Waals surface area contributed by atoms with Crippen molar-refractivity contribution in [1.82, 2.24) is 4.98 Å². The van der Waals surface area contributed by atoms with E-state index in [0.717, 1.165) is 5.52 Å². The molecule has 0 radical (unpaired) electrons. The molecule has 0 amide bonds. The zero-order valence-electron chi connectivity index (χ0n) is 6.53. The first-order valence-corrected chi connectivity index (χ1v) is 4.86. The molecule has 1 fully saturated rings. The largest absolute Gasteiger partial charge is 0.345 e. The molecule has 0 spiro atoms. The molecule has 1 aromatic carbocycles. The average Bonchev–Trinajstić information content (AvgIpc) is 2.85. The van der Waals surface area contributed by atoms with Crippen LogP contribution in [0.4, 0.5) is 5.13 Å². The van der Waals surface area contributed by atoms with Crippen LogP contribution in [0.2, 0.25) is 0 Å². The number of fused-ring (bicyclic) bond motifs is 1. The van der Waals surface area contributed by atoms with Crippen molar-refractivity contribution in [3.63, 3.8) is 0 Å². The summed E-state index contributed by atoms with van der Waals surface area (Å²) >= 11 is 1.78. The Hall–Kier alpha value is -1.09. The van der Waals surface area contributed by atoms with Crippen LogP contribution in [0.15, 0.2) is 24.3 Å². The smallest absolute Gasteiger partial charge is 0.186 e. The molecular weight excluding hydrogens is 168 g/mol. The highest BCUT2D eigenvalue weighted by molar-refractivity contribution is 7.22. The highest BCUT2D eigenvalue weighted by Crippen LogP contribution is 2.31. The van der Waals surface area contributed by atoms with Crippen molar-refractivity contribution < 1.29 is 0 Å². The van der Waals surface area contributed by atoms with Crippen LogP contribution in [0, 0.1) is 0 Å². The minimum Gasteiger partial charge on any atom is -0.345 e. The van der Waals surface area contributed by atoms with Gasteiger partial charge in [0.2, 0.25) is 0 Å². The normalized spacial score (nSPS) is 15.5. The Morgan fingerprint density at radius 3 is 2.83 bits per heavy atom. The van der Waals surface area contributed by atoms with Gasteiger partial charge in [0.1, 0.15) is 0 Å². The van der Waals surface area contributed by atoms with Crippen molar-refractivity contribution in [2.24, 2.45) is 0 Å². The van der Waals surface area contributed by atoms with Gasteiger partial charge in [-0.1, -0.05) is 23.5 Å². The Bertz CT molecular complexity index is 384. The van der Waals surface area contributed by atoms with E-state index >= 15 is 0 Å². The number of rotatable bonds is 1. The second kappa shape index (κ2) is 2.20. The molecule has 2 nitrogen and oxygen atoms in total. The third-order valence-electron chi connectivity index (χ3n) is 2.00. The summed E-state index contributed by atoms with van der Waals surface area (Å²) in [6.07, 6.45) is 0. The van der Waals surface area contributed by atoms with Gasteiger partial charge in [0.25, 0.3) is 0 Å². The van der Waals surface area contributed by atoms with Crippen molar-refractivity contribution >= 4 is 26.7 Å². The molecule has 0 aliphatic carbocycles. The lowest BCUT2D eigenvalue weighted by Gasteiger charge is -1.89. The number of para-hydroxylation sites is 1. The Kier molecular flexibility index (Phi) is 1.18. The van der Waals surface area contributed by atoms with Crippen LogP contribution in [-0.4, -0.2) is 18.1 Å². The maximum atomic E-state index is 4.52. The van der Waals surface area contributed by atoms with Crippen LogP contribution in [0.25, 0.3) is 10.2 Å². The maximum absolute atomic E-state index is 4.52. The highest BCUT2D eigenvalue weighted by atomic mass is 32.1. The first-order chi connectivity index (χ1) is 5.93. The van der Waals surface area contributed by atoms with E-state index in [1.54, 1.807) is 11.3 Å². The van der Waals surface area contributed by atoms with Gasteiger partial charge >= 0.3 is 0 Å². The summed E-state index contributed by atoms with van der Waals surface area (Å²) < 4.78 is 1.29. The average molecular weight is 176 g/mol. The second-order valence-corrected chi connectivity index (χ2v) is 3.96. The number of benzene rings is 1. The summed E-state index contributed by atoms with van der Waals surface area (Å²) in [5.41, 5.74) is 1.13. The van der Waals surface area contributed by atoms with Gasteiger partial charge in [-0.3, -0.25) is 0 Å². The first kappa shape index (κ1) is 6.43. The summed E-state index contributed by atoms with van der Waals surface area (Å²) in [7, 11) is 0. The molecule has 3 rings (SSSR count). The molecule has 0 bridgehead atoms. The lowest BCUT2D eigenvalue weighted by molar-refractivity contribution is 1.33. The third kappa shape index (κ3) is 0.898. The number of nitrogens with zero attached hydrogens (tertiary/aromatic N) is 2. The van der Waals surface area contributed by atoms with Gasteiger partial charge in [-0.15, -0.1) is 0 Å². The summed E-state index contributed by atoms with van der Waals surface area (Å²) in [4.78, 5) is 6.80. The molecule has 3 heteroatoms. The Morgan fingerprint density at radius 2 is 2.08 bits per heavy atom.